The van der Waals surface area contributed by atoms with Crippen LogP contribution in [0.3, 0.4) is 0 Å². The van der Waals surface area contributed by atoms with Gasteiger partial charge in [-0.15, -0.1) is 0 Å². The third kappa shape index (κ3) is 3.69. The van der Waals surface area contributed by atoms with Gasteiger partial charge in [0.2, 0.25) is 9.84 Å². The molecule has 2 rings (SSSR count). The van der Waals surface area contributed by atoms with Crippen LogP contribution in [-0.4, -0.2) is 18.6 Å². The van der Waals surface area contributed by atoms with E-state index in [2.05, 4.69) is 5.10 Å². The van der Waals surface area contributed by atoms with Crippen molar-refractivity contribution in [3.8, 4) is 0 Å². The van der Waals surface area contributed by atoms with Crippen molar-refractivity contribution in [2.45, 2.75) is 17.0 Å². The second-order valence-electron chi connectivity index (χ2n) is 4.22. The van der Waals surface area contributed by atoms with Gasteiger partial charge >= 0.3 is 6.18 Å². The molecule has 5 nitrogen and oxygen atoms in total. The van der Waals surface area contributed by atoms with E-state index in [9.17, 15) is 26.4 Å². The minimum absolute atomic E-state index is 0.0159. The van der Waals surface area contributed by atoms with Crippen molar-refractivity contribution in [3.63, 3.8) is 0 Å². The number of nitrogens with one attached hydrogen (secondary N) is 1. The Morgan fingerprint density at radius 2 is 1.86 bits per heavy atom. The molecule has 1 aromatic heterocycles. The van der Waals surface area contributed by atoms with E-state index in [1.165, 1.54) is 6.07 Å². The van der Waals surface area contributed by atoms with Crippen molar-refractivity contribution in [1.29, 1.82) is 0 Å². The highest BCUT2D eigenvalue weighted by Crippen LogP contribution is 2.30. The first-order valence-corrected chi connectivity index (χ1v) is 7.28. The molecule has 0 bridgehead atoms. The lowest BCUT2D eigenvalue weighted by molar-refractivity contribution is -0.137. The number of halogens is 3. The van der Waals surface area contributed by atoms with E-state index in [0.29, 0.717) is 0 Å². The van der Waals surface area contributed by atoms with E-state index in [-0.39, 0.29) is 5.56 Å². The zero-order valence-corrected chi connectivity index (χ0v) is 11.2. The lowest BCUT2D eigenvalue weighted by atomic mass is 10.1. The Morgan fingerprint density at radius 3 is 2.43 bits per heavy atom. The van der Waals surface area contributed by atoms with Gasteiger partial charge in [0.25, 0.3) is 5.56 Å². The molecule has 2 aromatic rings. The van der Waals surface area contributed by atoms with Gasteiger partial charge in [-0.05, 0) is 17.7 Å². The predicted octanol–water partition coefficient (Wildman–Crippen LogP) is 1.76. The number of hydrogen-bond acceptors (Lipinski definition) is 4. The monoisotopic (exact) mass is 318 g/mol. The lowest BCUT2D eigenvalue weighted by Crippen LogP contribution is -2.13. The Hall–Kier alpha value is -2.16. The Balaban J connectivity index is 2.33. The van der Waals surface area contributed by atoms with Gasteiger partial charge < -0.3 is 0 Å². The Kier molecular flexibility index (Phi) is 3.86. The number of benzene rings is 1. The second-order valence-corrected chi connectivity index (χ2v) is 6.15. The summed E-state index contributed by atoms with van der Waals surface area (Å²) in [6, 6.07) is 6.01. The highest BCUT2D eigenvalue weighted by Gasteiger charge is 2.30. The highest BCUT2D eigenvalue weighted by atomic mass is 32.2. The SMILES string of the molecule is O=c1ccc(S(=O)(=O)Cc2cccc(C(F)(F)F)c2)n[nH]1. The van der Waals surface area contributed by atoms with Gasteiger partial charge in [-0.25, -0.2) is 13.5 Å². The molecule has 21 heavy (non-hydrogen) atoms. The van der Waals surface area contributed by atoms with Crippen LogP contribution in [0, 0.1) is 0 Å². The van der Waals surface area contributed by atoms with Crippen molar-refractivity contribution >= 4 is 9.84 Å². The Bertz CT molecular complexity index is 792. The van der Waals surface area contributed by atoms with Crippen molar-refractivity contribution in [2.24, 2.45) is 0 Å². The third-order valence-electron chi connectivity index (χ3n) is 2.58. The van der Waals surface area contributed by atoms with Gasteiger partial charge in [0.15, 0.2) is 5.03 Å². The van der Waals surface area contributed by atoms with Gasteiger partial charge in [-0.2, -0.15) is 18.3 Å². The van der Waals surface area contributed by atoms with Gasteiger partial charge in [0.1, 0.15) is 0 Å². The molecule has 9 heteroatoms. The molecule has 0 spiro atoms. The number of nitrogens with zero attached hydrogens (tertiary/aromatic N) is 1. The molecule has 0 aliphatic rings. The van der Waals surface area contributed by atoms with Gasteiger partial charge in [0, 0.05) is 6.07 Å². The quantitative estimate of drug-likeness (QED) is 0.935. The number of aromatic nitrogens is 2. The topological polar surface area (TPSA) is 79.9 Å². The Labute approximate surface area is 117 Å². The summed E-state index contributed by atoms with van der Waals surface area (Å²) in [7, 11) is -3.94. The van der Waals surface area contributed by atoms with E-state index in [1.807, 2.05) is 5.10 Å². The summed E-state index contributed by atoms with van der Waals surface area (Å²) >= 11 is 0. The smallest absolute Gasteiger partial charge is 0.268 e. The molecule has 1 heterocycles. The van der Waals surface area contributed by atoms with Gasteiger partial charge in [-0.1, -0.05) is 18.2 Å². The van der Waals surface area contributed by atoms with E-state index < -0.39 is 37.9 Å². The number of H-pyrrole nitrogens is 1. The van der Waals surface area contributed by atoms with Crippen LogP contribution in [0.4, 0.5) is 13.2 Å². The van der Waals surface area contributed by atoms with Crippen LogP contribution in [-0.2, 0) is 21.8 Å². The first-order valence-electron chi connectivity index (χ1n) is 5.63. The number of sulfone groups is 1. The number of alkyl halides is 3. The van der Waals surface area contributed by atoms with Crippen molar-refractivity contribution in [1.82, 2.24) is 10.2 Å². The maximum Gasteiger partial charge on any atom is 0.416 e. The largest absolute Gasteiger partial charge is 0.416 e. The maximum atomic E-state index is 12.6. The van der Waals surface area contributed by atoms with E-state index in [1.54, 1.807) is 0 Å². The summed E-state index contributed by atoms with van der Waals surface area (Å²) in [6.07, 6.45) is -4.55. The maximum absolute atomic E-state index is 12.6. The van der Waals surface area contributed by atoms with E-state index in [4.69, 9.17) is 0 Å². The first-order chi connectivity index (χ1) is 9.68. The summed E-state index contributed by atoms with van der Waals surface area (Å²) in [6.45, 7) is 0. The minimum Gasteiger partial charge on any atom is -0.268 e. The molecule has 0 aliphatic carbocycles. The number of hydrogen-bond donors (Lipinski definition) is 1. The molecule has 0 fully saturated rings. The van der Waals surface area contributed by atoms with E-state index >= 15 is 0 Å². The fourth-order valence-corrected chi connectivity index (χ4v) is 2.86. The zero-order chi connectivity index (χ0) is 15.7. The summed E-state index contributed by atoms with van der Waals surface area (Å²) in [4.78, 5) is 10.8. The molecule has 0 amide bonds. The third-order valence-corrected chi connectivity index (χ3v) is 4.16. The minimum atomic E-state index is -4.55. The molecular formula is C12H9F3N2O3S. The molecule has 1 N–H and O–H groups in total. The molecule has 0 saturated carbocycles. The average molecular weight is 318 g/mol. The molecule has 0 aliphatic heterocycles. The van der Waals surface area contributed by atoms with Crippen LogP contribution < -0.4 is 5.56 Å². The lowest BCUT2D eigenvalue weighted by Gasteiger charge is -2.08. The molecular weight excluding hydrogens is 309 g/mol. The molecule has 0 radical (unpaired) electrons. The van der Waals surface area contributed by atoms with E-state index in [0.717, 1.165) is 30.3 Å². The van der Waals surface area contributed by atoms with Gasteiger partial charge in [0.05, 0.1) is 11.3 Å². The predicted molar refractivity (Wildman–Crippen MR) is 67.2 cm³/mol. The highest BCUT2D eigenvalue weighted by molar-refractivity contribution is 7.90. The van der Waals surface area contributed by atoms with Crippen molar-refractivity contribution in [2.75, 3.05) is 0 Å². The van der Waals surface area contributed by atoms with Crippen LogP contribution >= 0.6 is 0 Å². The standard InChI is InChI=1S/C12H9F3N2O3S/c13-12(14,15)9-3-1-2-8(6-9)7-21(19,20)11-5-4-10(18)16-17-11/h1-6H,7H2,(H,16,18). The summed E-state index contributed by atoms with van der Waals surface area (Å²) in [5.74, 6) is -0.643. The summed E-state index contributed by atoms with van der Waals surface area (Å²) in [5, 5.41) is 4.93. The second kappa shape index (κ2) is 5.32. The normalized spacial score (nSPS) is 12.3. The Morgan fingerprint density at radius 1 is 1.14 bits per heavy atom. The zero-order valence-electron chi connectivity index (χ0n) is 10.4. The van der Waals surface area contributed by atoms with Crippen LogP contribution in [0.2, 0.25) is 0 Å². The fraction of sp³-hybridized carbons (Fsp3) is 0.167. The molecule has 0 atom stereocenters. The van der Waals surface area contributed by atoms with Gasteiger partial charge in [-0.3, -0.25) is 4.79 Å². The molecule has 0 saturated heterocycles. The van der Waals surface area contributed by atoms with Crippen LogP contribution in [0.15, 0.2) is 46.2 Å². The van der Waals surface area contributed by atoms with Crippen molar-refractivity contribution < 1.29 is 21.6 Å². The summed E-state index contributed by atoms with van der Waals surface area (Å²) in [5.41, 5.74) is -1.52. The van der Waals surface area contributed by atoms with Crippen molar-refractivity contribution in [3.05, 3.63) is 57.9 Å². The van der Waals surface area contributed by atoms with Crippen LogP contribution in [0.5, 0.6) is 0 Å². The van der Waals surface area contributed by atoms with Crippen LogP contribution in [0.1, 0.15) is 11.1 Å². The number of aromatic amines is 1. The first kappa shape index (κ1) is 15.2. The molecule has 0 unspecified atom stereocenters. The molecule has 112 valence electrons. The number of rotatable bonds is 3. The summed E-state index contributed by atoms with van der Waals surface area (Å²) < 4.78 is 61.7. The average Bonchev–Trinajstić information content (AvgIpc) is 2.38. The van der Waals surface area contributed by atoms with Crippen LogP contribution in [0.25, 0.3) is 0 Å². The molecule has 1 aromatic carbocycles. The fourth-order valence-electron chi connectivity index (χ4n) is 1.64.